The number of hydrogen-bond acceptors (Lipinski definition) is 1. The van der Waals surface area contributed by atoms with Crippen LogP contribution in [0.1, 0.15) is 38.5 Å². The van der Waals surface area contributed by atoms with Gasteiger partial charge in [-0.1, -0.05) is 12.8 Å². The normalized spacial score (nSPS) is 31.6. The molecule has 1 saturated heterocycles. The van der Waals surface area contributed by atoms with Gasteiger partial charge < -0.3 is 4.90 Å². The first-order valence-electron chi connectivity index (χ1n) is 7.35. The third-order valence-electron chi connectivity index (χ3n) is 4.62. The molecule has 2 aliphatic rings. The summed E-state index contributed by atoms with van der Waals surface area (Å²) in [5.41, 5.74) is 0. The molecule has 0 spiro atoms. The maximum Gasteiger partial charge on any atom is 0.392 e. The fourth-order valence-electron chi connectivity index (χ4n) is 3.48. The Labute approximate surface area is 122 Å². The number of hydrogen-bond donors (Lipinski definition) is 0. The second-order valence-electron chi connectivity index (χ2n) is 5.96. The van der Waals surface area contributed by atoms with Crippen molar-refractivity contribution in [1.29, 1.82) is 0 Å². The molecule has 0 aromatic rings. The Morgan fingerprint density at radius 2 is 1.90 bits per heavy atom. The molecule has 0 bridgehead atoms. The molecule has 3 atom stereocenters. The fraction of sp³-hybridized carbons (Fsp3) is 0.929. The highest BCUT2D eigenvalue weighted by molar-refractivity contribution is 6.17. The molecule has 1 heterocycles. The van der Waals surface area contributed by atoms with Crippen molar-refractivity contribution in [3.8, 4) is 0 Å². The summed E-state index contributed by atoms with van der Waals surface area (Å²) < 4.78 is 39.1. The molecule has 20 heavy (non-hydrogen) atoms. The van der Waals surface area contributed by atoms with Crippen molar-refractivity contribution in [2.24, 2.45) is 17.8 Å². The number of alkyl halides is 4. The molecule has 2 rings (SSSR count). The van der Waals surface area contributed by atoms with E-state index in [1.54, 1.807) is 4.90 Å². The lowest BCUT2D eigenvalue weighted by atomic mass is 9.78. The number of halogens is 4. The lowest BCUT2D eigenvalue weighted by molar-refractivity contribution is -0.200. The molecule has 3 unspecified atom stereocenters. The van der Waals surface area contributed by atoms with Gasteiger partial charge in [0.05, 0.1) is 5.92 Å². The van der Waals surface area contributed by atoms with Crippen LogP contribution >= 0.6 is 11.6 Å². The third-order valence-corrected chi connectivity index (χ3v) is 4.84. The van der Waals surface area contributed by atoms with E-state index in [9.17, 15) is 18.0 Å². The van der Waals surface area contributed by atoms with Gasteiger partial charge in [-0.05, 0) is 31.6 Å². The zero-order valence-corrected chi connectivity index (χ0v) is 12.2. The summed E-state index contributed by atoms with van der Waals surface area (Å²) in [6, 6.07) is 0. The smallest absolute Gasteiger partial charge is 0.342 e. The van der Waals surface area contributed by atoms with Crippen molar-refractivity contribution in [2.75, 3.05) is 19.0 Å². The van der Waals surface area contributed by atoms with Crippen molar-refractivity contribution in [3.05, 3.63) is 0 Å². The van der Waals surface area contributed by atoms with Crippen LogP contribution in [0, 0.1) is 17.8 Å². The standard InChI is InChI=1S/C14H21ClF3NO/c15-7-5-10-6-8-19(9-10)13(20)11-3-1-2-4-12(11)14(16,17)18/h10-12H,1-9H2. The molecule has 2 nitrogen and oxygen atoms in total. The molecular formula is C14H21ClF3NO. The van der Waals surface area contributed by atoms with E-state index in [4.69, 9.17) is 11.6 Å². The summed E-state index contributed by atoms with van der Waals surface area (Å²) in [6.07, 6.45) is -0.792. The van der Waals surface area contributed by atoms with E-state index in [0.29, 0.717) is 37.7 Å². The van der Waals surface area contributed by atoms with Crippen molar-refractivity contribution in [1.82, 2.24) is 4.90 Å². The van der Waals surface area contributed by atoms with Crippen LogP contribution in [0.5, 0.6) is 0 Å². The number of likely N-dealkylation sites (tertiary alicyclic amines) is 1. The molecule has 6 heteroatoms. The minimum Gasteiger partial charge on any atom is -0.342 e. The number of carbonyl (C=O) groups excluding carboxylic acids is 1. The van der Waals surface area contributed by atoms with E-state index < -0.39 is 18.0 Å². The van der Waals surface area contributed by atoms with Gasteiger partial charge in [0.2, 0.25) is 5.91 Å². The minimum atomic E-state index is -4.25. The van der Waals surface area contributed by atoms with E-state index in [2.05, 4.69) is 0 Å². The Morgan fingerprint density at radius 1 is 1.20 bits per heavy atom. The summed E-state index contributed by atoms with van der Waals surface area (Å²) >= 11 is 5.69. The van der Waals surface area contributed by atoms with Crippen molar-refractivity contribution >= 4 is 17.5 Å². The quantitative estimate of drug-likeness (QED) is 0.725. The highest BCUT2D eigenvalue weighted by atomic mass is 35.5. The van der Waals surface area contributed by atoms with Crippen LogP contribution in [-0.4, -0.2) is 36.0 Å². The lowest BCUT2D eigenvalue weighted by Gasteiger charge is -2.34. The molecule has 1 aliphatic heterocycles. The van der Waals surface area contributed by atoms with Gasteiger partial charge in [-0.2, -0.15) is 13.2 Å². The first-order chi connectivity index (χ1) is 9.43. The van der Waals surface area contributed by atoms with E-state index >= 15 is 0 Å². The predicted molar refractivity (Wildman–Crippen MR) is 71.5 cm³/mol. The fourth-order valence-corrected chi connectivity index (χ4v) is 3.78. The first-order valence-corrected chi connectivity index (χ1v) is 7.88. The molecule has 0 radical (unpaired) electrons. The predicted octanol–water partition coefficient (Wildman–Crippen LogP) is 3.83. The summed E-state index contributed by atoms with van der Waals surface area (Å²) in [4.78, 5) is 14.0. The Morgan fingerprint density at radius 3 is 2.55 bits per heavy atom. The molecule has 2 fully saturated rings. The SMILES string of the molecule is O=C(C1CCCCC1C(F)(F)F)N1CCC(CCCl)C1. The van der Waals surface area contributed by atoms with E-state index in [0.717, 1.165) is 19.3 Å². The zero-order valence-electron chi connectivity index (χ0n) is 11.5. The van der Waals surface area contributed by atoms with Crippen molar-refractivity contribution < 1.29 is 18.0 Å². The first kappa shape index (κ1) is 15.9. The van der Waals surface area contributed by atoms with Crippen LogP contribution in [-0.2, 0) is 4.79 Å². The maximum absolute atomic E-state index is 13.0. The molecular weight excluding hydrogens is 291 g/mol. The van der Waals surface area contributed by atoms with Crippen LogP contribution < -0.4 is 0 Å². The van der Waals surface area contributed by atoms with Crippen LogP contribution in [0.25, 0.3) is 0 Å². The average Bonchev–Trinajstić information content (AvgIpc) is 2.86. The zero-order chi connectivity index (χ0) is 14.8. The van der Waals surface area contributed by atoms with E-state index in [1.807, 2.05) is 0 Å². The van der Waals surface area contributed by atoms with Gasteiger partial charge in [-0.3, -0.25) is 4.79 Å². The number of carbonyl (C=O) groups is 1. The summed E-state index contributed by atoms with van der Waals surface area (Å²) in [5.74, 6) is -1.70. The van der Waals surface area contributed by atoms with Crippen LogP contribution in [0.3, 0.4) is 0 Å². The highest BCUT2D eigenvalue weighted by Crippen LogP contribution is 2.42. The van der Waals surface area contributed by atoms with Gasteiger partial charge in [0.15, 0.2) is 0 Å². The van der Waals surface area contributed by atoms with Crippen molar-refractivity contribution in [2.45, 2.75) is 44.7 Å². The van der Waals surface area contributed by atoms with Crippen LogP contribution in [0.4, 0.5) is 13.2 Å². The molecule has 0 aromatic carbocycles. The topological polar surface area (TPSA) is 20.3 Å². The summed E-state index contributed by atoms with van der Waals surface area (Å²) in [7, 11) is 0. The lowest BCUT2D eigenvalue weighted by Crippen LogP contribution is -2.43. The molecule has 1 saturated carbocycles. The largest absolute Gasteiger partial charge is 0.392 e. The highest BCUT2D eigenvalue weighted by Gasteiger charge is 2.49. The molecule has 0 aromatic heterocycles. The monoisotopic (exact) mass is 311 g/mol. The van der Waals surface area contributed by atoms with Crippen LogP contribution in [0.15, 0.2) is 0 Å². The van der Waals surface area contributed by atoms with Gasteiger partial charge in [0.1, 0.15) is 0 Å². The van der Waals surface area contributed by atoms with E-state index in [1.165, 1.54) is 0 Å². The minimum absolute atomic E-state index is 0.0961. The molecule has 116 valence electrons. The number of rotatable bonds is 3. The van der Waals surface area contributed by atoms with Gasteiger partial charge in [0.25, 0.3) is 0 Å². The Balaban J connectivity index is 2.00. The molecule has 1 amide bonds. The summed E-state index contributed by atoms with van der Waals surface area (Å²) in [6.45, 7) is 1.16. The van der Waals surface area contributed by atoms with Gasteiger partial charge in [-0.15, -0.1) is 11.6 Å². The Hall–Kier alpha value is -0.450. The summed E-state index contributed by atoms with van der Waals surface area (Å²) in [5, 5.41) is 0. The second kappa shape index (κ2) is 6.54. The Bertz CT molecular complexity index is 348. The molecule has 1 aliphatic carbocycles. The van der Waals surface area contributed by atoms with Crippen molar-refractivity contribution in [3.63, 3.8) is 0 Å². The molecule has 0 N–H and O–H groups in total. The Kier molecular flexibility index (Phi) is 5.21. The second-order valence-corrected chi connectivity index (χ2v) is 6.33. The third kappa shape index (κ3) is 3.60. The van der Waals surface area contributed by atoms with Crippen LogP contribution in [0.2, 0.25) is 0 Å². The number of amides is 1. The van der Waals surface area contributed by atoms with E-state index in [-0.39, 0.29) is 12.3 Å². The average molecular weight is 312 g/mol. The maximum atomic E-state index is 13.0. The van der Waals surface area contributed by atoms with Gasteiger partial charge in [0, 0.05) is 24.9 Å². The van der Waals surface area contributed by atoms with Gasteiger partial charge >= 0.3 is 6.18 Å². The van der Waals surface area contributed by atoms with Gasteiger partial charge in [-0.25, -0.2) is 0 Å². The number of nitrogens with zero attached hydrogens (tertiary/aromatic N) is 1.